The van der Waals surface area contributed by atoms with Crippen LogP contribution >= 0.6 is 0 Å². The molecule has 1 amide bonds. The summed E-state index contributed by atoms with van der Waals surface area (Å²) in [6.45, 7) is 12.9. The second kappa shape index (κ2) is 26.5. The van der Waals surface area contributed by atoms with Gasteiger partial charge < -0.3 is 67.7 Å². The third-order valence-electron chi connectivity index (χ3n) is 13.9. The highest BCUT2D eigenvalue weighted by atomic mass is 32.3. The van der Waals surface area contributed by atoms with Crippen LogP contribution in [-0.2, 0) is 92.9 Å². The largest absolute Gasteiger partial charge is 0.414 e. The van der Waals surface area contributed by atoms with Crippen LogP contribution in [0.2, 0.25) is 18.1 Å². The Labute approximate surface area is 440 Å². The Bertz CT molecular complexity index is 2460. The molecule has 0 aliphatic carbocycles. The van der Waals surface area contributed by atoms with E-state index in [2.05, 4.69) is 5.32 Å². The Kier molecular flexibility index (Phi) is 20.7. The van der Waals surface area contributed by atoms with Gasteiger partial charge in [0.15, 0.2) is 27.2 Å². The minimum atomic E-state index is -5.31. The van der Waals surface area contributed by atoms with Gasteiger partial charge in [0.1, 0.15) is 67.1 Å². The Hall–Kier alpha value is -4.08. The number of ether oxygens (including phenoxy) is 9. The summed E-state index contributed by atoms with van der Waals surface area (Å²) in [6.07, 6.45) is -20.3. The number of carbonyl (C=O) groups is 1. The first-order valence-electron chi connectivity index (χ1n) is 25.1. The molecule has 21 heteroatoms. The first kappa shape index (κ1) is 58.6. The van der Waals surface area contributed by atoms with Crippen molar-refractivity contribution in [2.75, 3.05) is 13.2 Å². The SMILES string of the molecule is CC(=O)N[C@@H]1[C@@H](O[C@@H]2O[C@H](CO[Si](C)(C)C(C)(C)C)[C@H](O)[C@H](OS(=O)(=O)O)[C@H]2O)[C@H](O[C@@H]2O[C@@H](C)[C@@H](OCc3ccccc3)[C@@H](OCc3ccccc3)[C@@H]2OCc2ccccc2)[C@@H](COCc2ccccc2)O[C@H]1O. The van der Waals surface area contributed by atoms with Gasteiger partial charge in [-0.3, -0.25) is 9.35 Å². The van der Waals surface area contributed by atoms with Crippen molar-refractivity contribution in [3.8, 4) is 0 Å². The highest BCUT2D eigenvalue weighted by Crippen LogP contribution is 2.39. The average molecular weight is 1080 g/mol. The van der Waals surface area contributed by atoms with E-state index < -0.39 is 117 Å². The van der Waals surface area contributed by atoms with Gasteiger partial charge >= 0.3 is 10.4 Å². The second-order valence-corrected chi connectivity index (χ2v) is 26.4. The second-order valence-electron chi connectivity index (χ2n) is 20.6. The Morgan fingerprint density at radius 1 is 0.600 bits per heavy atom. The van der Waals surface area contributed by atoms with Crippen LogP contribution < -0.4 is 5.32 Å². The van der Waals surface area contributed by atoms with E-state index >= 15 is 0 Å². The molecule has 15 atom stereocenters. The summed E-state index contributed by atoms with van der Waals surface area (Å²) >= 11 is 0. The number of rotatable bonds is 23. The van der Waals surface area contributed by atoms with Crippen molar-refractivity contribution in [2.45, 2.75) is 171 Å². The molecule has 3 aliphatic rings. The van der Waals surface area contributed by atoms with Crippen LogP contribution in [0.25, 0.3) is 0 Å². The molecule has 4 aromatic rings. The molecule has 0 spiro atoms. The average Bonchev–Trinajstić information content (AvgIpc) is 3.37. The Morgan fingerprint density at radius 3 is 1.57 bits per heavy atom. The van der Waals surface area contributed by atoms with Crippen LogP contribution in [0, 0.1) is 0 Å². The maximum atomic E-state index is 13.1. The predicted molar refractivity (Wildman–Crippen MR) is 274 cm³/mol. The fourth-order valence-corrected chi connectivity index (χ4v) is 10.4. The molecule has 19 nitrogen and oxygen atoms in total. The van der Waals surface area contributed by atoms with Crippen LogP contribution in [0.1, 0.15) is 56.9 Å². The number of hydrogen-bond acceptors (Lipinski definition) is 17. The molecule has 3 aliphatic heterocycles. The Morgan fingerprint density at radius 2 is 1.08 bits per heavy atom. The van der Waals surface area contributed by atoms with Gasteiger partial charge in [0.05, 0.1) is 45.7 Å². The van der Waals surface area contributed by atoms with E-state index in [0.717, 1.165) is 22.3 Å². The molecule has 0 aromatic heterocycles. The number of hydrogen-bond donors (Lipinski definition) is 5. The number of aliphatic hydroxyl groups excluding tert-OH is 3. The molecule has 75 heavy (non-hydrogen) atoms. The van der Waals surface area contributed by atoms with E-state index in [4.69, 9.17) is 51.2 Å². The number of carbonyl (C=O) groups excluding carboxylic acids is 1. The van der Waals surface area contributed by atoms with Crippen LogP contribution in [0.15, 0.2) is 121 Å². The normalized spacial score (nSPS) is 30.7. The first-order valence-corrected chi connectivity index (χ1v) is 29.4. The maximum Gasteiger partial charge on any atom is 0.397 e. The van der Waals surface area contributed by atoms with E-state index in [1.807, 2.05) is 162 Å². The third kappa shape index (κ3) is 16.2. The molecular formula is C54H73NO18SSi. The number of aliphatic hydroxyl groups is 3. The summed E-state index contributed by atoms with van der Waals surface area (Å²) in [5, 5.41) is 37.6. The van der Waals surface area contributed by atoms with Gasteiger partial charge in [-0.05, 0) is 47.3 Å². The van der Waals surface area contributed by atoms with E-state index in [1.165, 1.54) is 6.92 Å². The van der Waals surface area contributed by atoms with Gasteiger partial charge in [0.25, 0.3) is 0 Å². The van der Waals surface area contributed by atoms with Crippen molar-refractivity contribution in [3.05, 3.63) is 144 Å². The zero-order chi connectivity index (χ0) is 53.9. The first-order chi connectivity index (χ1) is 35.7. The zero-order valence-corrected chi connectivity index (χ0v) is 45.2. The fourth-order valence-electron chi connectivity index (χ4n) is 8.84. The third-order valence-corrected chi connectivity index (χ3v) is 18.9. The lowest BCUT2D eigenvalue weighted by Gasteiger charge is -2.51. The summed E-state index contributed by atoms with van der Waals surface area (Å²) < 4.78 is 105. The molecule has 3 saturated heterocycles. The summed E-state index contributed by atoms with van der Waals surface area (Å²) in [7, 11) is -7.88. The van der Waals surface area contributed by atoms with Crippen molar-refractivity contribution < 1.29 is 84.3 Å². The minimum Gasteiger partial charge on any atom is -0.414 e. The van der Waals surface area contributed by atoms with Crippen molar-refractivity contribution in [1.82, 2.24) is 5.32 Å². The van der Waals surface area contributed by atoms with Gasteiger partial charge in [0, 0.05) is 6.92 Å². The number of nitrogens with one attached hydrogen (secondary N) is 1. The minimum absolute atomic E-state index is 0.0651. The van der Waals surface area contributed by atoms with Gasteiger partial charge in [-0.25, -0.2) is 4.18 Å². The van der Waals surface area contributed by atoms with Gasteiger partial charge in [-0.1, -0.05) is 142 Å². The molecule has 5 N–H and O–H groups in total. The molecule has 3 fully saturated rings. The molecule has 412 valence electrons. The summed E-state index contributed by atoms with van der Waals surface area (Å²) in [5.74, 6) is -0.623. The summed E-state index contributed by atoms with van der Waals surface area (Å²) in [5.41, 5.74) is 3.42. The quantitative estimate of drug-likeness (QED) is 0.0464. The summed E-state index contributed by atoms with van der Waals surface area (Å²) in [6, 6.07) is 36.5. The topological polar surface area (TPSA) is 246 Å². The number of amides is 1. The summed E-state index contributed by atoms with van der Waals surface area (Å²) in [4.78, 5) is 13.1. The molecule has 3 heterocycles. The molecule has 0 radical (unpaired) electrons. The van der Waals surface area contributed by atoms with E-state index in [9.17, 15) is 33.1 Å². The molecule has 0 bridgehead atoms. The molecular weight excluding hydrogens is 1010 g/mol. The highest BCUT2D eigenvalue weighted by Gasteiger charge is 2.56. The van der Waals surface area contributed by atoms with Crippen molar-refractivity contribution in [1.29, 1.82) is 0 Å². The van der Waals surface area contributed by atoms with Crippen molar-refractivity contribution >= 4 is 24.6 Å². The van der Waals surface area contributed by atoms with E-state index in [-0.39, 0.29) is 44.7 Å². The van der Waals surface area contributed by atoms with Crippen molar-refractivity contribution in [2.24, 2.45) is 0 Å². The molecule has 0 saturated carbocycles. The Balaban J connectivity index is 1.29. The predicted octanol–water partition coefficient (Wildman–Crippen LogP) is 5.35. The highest BCUT2D eigenvalue weighted by molar-refractivity contribution is 7.80. The number of benzene rings is 4. The van der Waals surface area contributed by atoms with Crippen LogP contribution in [0.5, 0.6) is 0 Å². The van der Waals surface area contributed by atoms with Gasteiger partial charge in [-0.15, -0.1) is 0 Å². The molecule has 7 rings (SSSR count). The van der Waals surface area contributed by atoms with Crippen molar-refractivity contribution in [3.63, 3.8) is 0 Å². The van der Waals surface area contributed by atoms with Gasteiger partial charge in [0.2, 0.25) is 5.91 Å². The van der Waals surface area contributed by atoms with Crippen LogP contribution in [-0.4, -0.2) is 148 Å². The lowest BCUT2D eigenvalue weighted by molar-refractivity contribution is -0.376. The zero-order valence-electron chi connectivity index (χ0n) is 43.4. The van der Waals surface area contributed by atoms with Crippen LogP contribution in [0.4, 0.5) is 0 Å². The van der Waals surface area contributed by atoms with E-state index in [1.54, 1.807) is 0 Å². The lowest BCUT2D eigenvalue weighted by Crippen LogP contribution is -2.70. The van der Waals surface area contributed by atoms with Gasteiger partial charge in [-0.2, -0.15) is 8.42 Å². The maximum absolute atomic E-state index is 13.1. The lowest BCUT2D eigenvalue weighted by atomic mass is 9.94. The molecule has 4 aromatic carbocycles. The fraction of sp³-hybridized carbons (Fsp3) is 0.537. The van der Waals surface area contributed by atoms with Crippen LogP contribution in [0.3, 0.4) is 0 Å². The monoisotopic (exact) mass is 1080 g/mol. The van der Waals surface area contributed by atoms with E-state index in [0.29, 0.717) is 0 Å². The molecule has 0 unspecified atom stereocenters. The smallest absolute Gasteiger partial charge is 0.397 e. The standard InChI is InChI=1S/C54H73NO18SSi/c1-34-45(64-29-37-22-14-9-15-23-37)49(65-30-38-24-16-10-17-25-38)50(66-31-39-26-18-11-19-27-39)53(68-34)71-46-41(32-63-28-36-20-12-8-13-21-36)69-51(59)42(55-35(2)56)47(46)72-52-44(58)48(73-74(60,61)62)43(57)40(70-52)33-67-75(6,7)54(3,4)5/h8-27,34,40-53,57-59H,28-33H2,1-7H3,(H,55,56)(H,60,61,62)/t34-,40+,41+,42+,43-,44+,45+,46+,47+,48-,49+,50-,51+,52-,53-/m0/s1.